The van der Waals surface area contributed by atoms with E-state index in [1.54, 1.807) is 6.92 Å². The zero-order chi connectivity index (χ0) is 26.6. The lowest BCUT2D eigenvalue weighted by Gasteiger charge is -2.34. The average Bonchev–Trinajstić information content (AvgIpc) is 2.88. The highest BCUT2D eigenvalue weighted by Crippen LogP contribution is 2.22. The lowest BCUT2D eigenvalue weighted by atomic mass is 10.00. The highest BCUT2D eigenvalue weighted by molar-refractivity contribution is 6.11. The van der Waals surface area contributed by atoms with Gasteiger partial charge in [0.2, 0.25) is 0 Å². The fourth-order valence-corrected chi connectivity index (χ4v) is 3.59. The minimum absolute atomic E-state index is 0.0514. The Bertz CT molecular complexity index is 946. The van der Waals surface area contributed by atoms with Crippen molar-refractivity contribution in [3.8, 4) is 0 Å². The molecule has 0 aromatic heterocycles. The van der Waals surface area contributed by atoms with Crippen LogP contribution in [0.5, 0.6) is 0 Å². The number of hydrogen-bond acceptors (Lipinski definition) is 9. The van der Waals surface area contributed by atoms with Crippen molar-refractivity contribution in [1.29, 1.82) is 0 Å². The zero-order valence-corrected chi connectivity index (χ0v) is 20.1. The number of oxime groups is 1. The molecular formula is C23H33N5O8. The van der Waals surface area contributed by atoms with Crippen LogP contribution in [0.15, 0.2) is 29.4 Å². The van der Waals surface area contributed by atoms with E-state index in [1.807, 2.05) is 0 Å². The van der Waals surface area contributed by atoms with Gasteiger partial charge >= 0.3 is 17.8 Å². The van der Waals surface area contributed by atoms with E-state index in [0.717, 1.165) is 0 Å². The van der Waals surface area contributed by atoms with Crippen molar-refractivity contribution in [2.24, 2.45) is 10.9 Å². The number of ether oxygens (including phenoxy) is 2. The van der Waals surface area contributed by atoms with Gasteiger partial charge in [0, 0.05) is 24.1 Å². The van der Waals surface area contributed by atoms with Gasteiger partial charge in [0.05, 0.1) is 12.7 Å². The maximum Gasteiger partial charge on any atom is 0.407 e. The van der Waals surface area contributed by atoms with E-state index in [9.17, 15) is 24.3 Å². The van der Waals surface area contributed by atoms with Gasteiger partial charge in [-0.15, -0.1) is 0 Å². The summed E-state index contributed by atoms with van der Waals surface area (Å²) in [4.78, 5) is 50.0. The van der Waals surface area contributed by atoms with Crippen molar-refractivity contribution in [3.63, 3.8) is 0 Å². The number of alkyl carbamates (subject to hydrolysis) is 1. The fourth-order valence-electron chi connectivity index (χ4n) is 3.59. The predicted molar refractivity (Wildman–Crippen MR) is 128 cm³/mol. The van der Waals surface area contributed by atoms with Crippen LogP contribution in [0.1, 0.15) is 54.9 Å². The molecule has 13 nitrogen and oxygen atoms in total. The smallest absolute Gasteiger partial charge is 0.407 e. The second-order valence-electron chi connectivity index (χ2n) is 8.10. The van der Waals surface area contributed by atoms with E-state index in [1.165, 1.54) is 24.3 Å². The van der Waals surface area contributed by atoms with Gasteiger partial charge in [-0.1, -0.05) is 17.3 Å². The molecule has 36 heavy (non-hydrogen) atoms. The van der Waals surface area contributed by atoms with Gasteiger partial charge in [-0.25, -0.2) is 9.59 Å². The molecule has 1 atom stereocenters. The molecule has 1 aromatic carbocycles. The molecule has 2 rings (SSSR count). The summed E-state index contributed by atoms with van der Waals surface area (Å²) < 4.78 is 10.6. The molecular weight excluding hydrogens is 474 g/mol. The molecule has 1 fully saturated rings. The Kier molecular flexibility index (Phi) is 11.1. The lowest BCUT2D eigenvalue weighted by Crippen LogP contribution is -2.63. The van der Waals surface area contributed by atoms with Crippen molar-refractivity contribution in [2.75, 3.05) is 26.2 Å². The van der Waals surface area contributed by atoms with Crippen molar-refractivity contribution in [1.82, 2.24) is 16.0 Å². The number of nitrogens with two attached hydrogens (primary N) is 1. The van der Waals surface area contributed by atoms with Gasteiger partial charge in [-0.3, -0.25) is 9.59 Å². The van der Waals surface area contributed by atoms with E-state index in [4.69, 9.17) is 20.4 Å². The van der Waals surface area contributed by atoms with Crippen LogP contribution in [0.2, 0.25) is 0 Å². The number of ketones is 1. The van der Waals surface area contributed by atoms with Crippen LogP contribution in [0.3, 0.4) is 0 Å². The lowest BCUT2D eigenvalue weighted by molar-refractivity contribution is -0.185. The van der Waals surface area contributed by atoms with E-state index in [2.05, 4.69) is 21.1 Å². The Hall–Kier alpha value is -3.71. The Morgan fingerprint density at radius 3 is 2.36 bits per heavy atom. The molecule has 0 bridgehead atoms. The summed E-state index contributed by atoms with van der Waals surface area (Å²) in [5.74, 6) is -3.44. The summed E-state index contributed by atoms with van der Waals surface area (Å²) in [6.45, 7) is 3.30. The van der Waals surface area contributed by atoms with Crippen LogP contribution in [0, 0.1) is 0 Å². The average molecular weight is 508 g/mol. The molecule has 0 saturated carbocycles. The van der Waals surface area contributed by atoms with Crippen LogP contribution < -0.4 is 21.7 Å². The van der Waals surface area contributed by atoms with Gasteiger partial charge in [0.15, 0.2) is 11.6 Å². The highest BCUT2D eigenvalue weighted by atomic mass is 16.6. The number of carboxylic acids is 1. The summed E-state index contributed by atoms with van der Waals surface area (Å²) in [5, 5.41) is 29.7. The van der Waals surface area contributed by atoms with Crippen LogP contribution in [-0.2, 0) is 19.1 Å². The van der Waals surface area contributed by atoms with Crippen LogP contribution in [0.4, 0.5) is 4.79 Å². The molecule has 1 unspecified atom stereocenters. The number of carboxylic acid groups (broad SMARTS) is 1. The minimum atomic E-state index is -2.59. The Morgan fingerprint density at radius 1 is 1.14 bits per heavy atom. The van der Waals surface area contributed by atoms with Crippen LogP contribution in [0.25, 0.3) is 0 Å². The topological polar surface area (TPSA) is 202 Å². The third-order valence-corrected chi connectivity index (χ3v) is 5.54. The fraction of sp³-hybridized carbons (Fsp3) is 0.522. The first-order valence-electron chi connectivity index (χ1n) is 11.7. The predicted octanol–water partition coefficient (Wildman–Crippen LogP) is 0.546. The quantitative estimate of drug-likeness (QED) is 0.0416. The molecule has 0 spiro atoms. The van der Waals surface area contributed by atoms with Gasteiger partial charge in [-0.2, -0.15) is 0 Å². The summed E-state index contributed by atoms with van der Waals surface area (Å²) in [6, 6.07) is 5.54. The monoisotopic (exact) mass is 507 g/mol. The number of amidine groups is 1. The first kappa shape index (κ1) is 28.5. The Morgan fingerprint density at radius 2 is 1.78 bits per heavy atom. The normalized spacial score (nSPS) is 16.0. The molecule has 7 N–H and O–H groups in total. The summed E-state index contributed by atoms with van der Waals surface area (Å²) >= 11 is 0. The second kappa shape index (κ2) is 14.0. The SMILES string of the molecule is CCOC(=O)NCCCCC(=O)C(NC(=O)c1ccc(C(N)=NO)cc1)(OC1CCNCC1)C(=O)O. The number of carbonyl (C=O) groups excluding carboxylic acids is 3. The number of nitrogens with one attached hydrogen (secondary N) is 3. The molecule has 1 aliphatic heterocycles. The number of Topliss-reactive ketones (excluding diaryl/α,β-unsaturated/α-hetero) is 1. The van der Waals surface area contributed by atoms with Gasteiger partial charge in [0.25, 0.3) is 5.91 Å². The largest absolute Gasteiger partial charge is 0.477 e. The van der Waals surface area contributed by atoms with Crippen molar-refractivity contribution in [2.45, 2.75) is 50.9 Å². The number of aliphatic carboxylic acids is 1. The van der Waals surface area contributed by atoms with Gasteiger partial charge in [0.1, 0.15) is 0 Å². The molecule has 198 valence electrons. The van der Waals surface area contributed by atoms with Crippen molar-refractivity contribution < 1.29 is 39.0 Å². The van der Waals surface area contributed by atoms with E-state index < -0.39 is 35.6 Å². The Labute approximate surface area is 208 Å². The van der Waals surface area contributed by atoms with Crippen molar-refractivity contribution in [3.05, 3.63) is 35.4 Å². The second-order valence-corrected chi connectivity index (χ2v) is 8.10. The third-order valence-electron chi connectivity index (χ3n) is 5.54. The number of carbonyl (C=O) groups is 4. The molecule has 2 amide bonds. The molecule has 1 aromatic rings. The number of unbranched alkanes of at least 4 members (excludes halogenated alkanes) is 1. The molecule has 1 aliphatic rings. The molecule has 13 heteroatoms. The van der Waals surface area contributed by atoms with Gasteiger partial charge in [-0.05, 0) is 57.8 Å². The molecule has 0 aliphatic carbocycles. The van der Waals surface area contributed by atoms with E-state index >= 15 is 0 Å². The summed E-state index contributed by atoms with van der Waals surface area (Å²) in [5.41, 5.74) is 3.34. The third kappa shape index (κ3) is 7.92. The highest BCUT2D eigenvalue weighted by Gasteiger charge is 2.50. The molecule has 1 saturated heterocycles. The van der Waals surface area contributed by atoms with Crippen LogP contribution in [-0.4, -0.2) is 78.0 Å². The maximum absolute atomic E-state index is 13.2. The van der Waals surface area contributed by atoms with Gasteiger partial charge < -0.3 is 41.5 Å². The first-order chi connectivity index (χ1) is 17.2. The number of hydrogen-bond donors (Lipinski definition) is 6. The molecule has 0 radical (unpaired) electrons. The minimum Gasteiger partial charge on any atom is -0.477 e. The standard InChI is InChI=1S/C23H33N5O8/c1-2-35-22(33)26-12-4-3-5-18(29)23(21(31)32,36-17-10-13-25-14-11-17)27-20(30)16-8-6-15(7-9-16)19(24)28-34/h6-9,17,25,34H,2-5,10-14H2,1H3,(H2,24,28)(H,26,33)(H,27,30)(H,31,32). The number of amides is 2. The molecule has 1 heterocycles. The number of rotatable bonds is 13. The van der Waals surface area contributed by atoms with E-state index in [0.29, 0.717) is 37.9 Å². The first-order valence-corrected chi connectivity index (χ1v) is 11.7. The Balaban J connectivity index is 2.17. The number of nitrogens with zero attached hydrogens (tertiary/aromatic N) is 1. The van der Waals surface area contributed by atoms with Crippen LogP contribution >= 0.6 is 0 Å². The maximum atomic E-state index is 13.2. The van der Waals surface area contributed by atoms with E-state index in [-0.39, 0.29) is 37.4 Å². The van der Waals surface area contributed by atoms with Crippen molar-refractivity contribution >= 4 is 29.6 Å². The summed E-state index contributed by atoms with van der Waals surface area (Å²) in [6.07, 6.45) is 0.233. The summed E-state index contributed by atoms with van der Waals surface area (Å²) in [7, 11) is 0. The number of piperidine rings is 1. The number of benzene rings is 1. The zero-order valence-electron chi connectivity index (χ0n) is 20.1.